The number of ether oxygens (including phenoxy) is 1. The van der Waals surface area contributed by atoms with Crippen LogP contribution in [0.4, 0.5) is 4.79 Å². The lowest BCUT2D eigenvalue weighted by atomic mass is 9.73. The Kier molecular flexibility index (Phi) is 5.35. The normalized spacial score (nSPS) is 13.1. The predicted octanol–water partition coefficient (Wildman–Crippen LogP) is 5.14. The summed E-state index contributed by atoms with van der Waals surface area (Å²) < 4.78 is 6.96. The van der Waals surface area contributed by atoms with Crippen LogP contribution in [0.25, 0.3) is 5.65 Å². The Bertz CT molecular complexity index is 1010. The van der Waals surface area contributed by atoms with E-state index in [1.165, 1.54) is 4.52 Å². The molecule has 0 saturated heterocycles. The van der Waals surface area contributed by atoms with Crippen molar-refractivity contribution < 1.29 is 9.53 Å². The molecule has 2 N–H and O–H groups in total. The van der Waals surface area contributed by atoms with Crippen molar-refractivity contribution in [3.8, 4) is 5.88 Å². The van der Waals surface area contributed by atoms with E-state index < -0.39 is 6.09 Å². The highest BCUT2D eigenvalue weighted by molar-refractivity contribution is 6.30. The molecule has 148 valence electrons. The maximum atomic E-state index is 11.7. The molecule has 7 heteroatoms. The van der Waals surface area contributed by atoms with Gasteiger partial charge in [0.2, 0.25) is 5.88 Å². The first kappa shape index (κ1) is 20.1. The van der Waals surface area contributed by atoms with E-state index in [1.54, 1.807) is 6.20 Å². The molecule has 2 aromatic heterocycles. The van der Waals surface area contributed by atoms with Gasteiger partial charge in [-0.25, -0.2) is 9.78 Å². The fourth-order valence-corrected chi connectivity index (χ4v) is 3.83. The highest BCUT2D eigenvalue weighted by Crippen LogP contribution is 2.46. The molecular weight excluding hydrogens is 376 g/mol. The van der Waals surface area contributed by atoms with E-state index in [4.69, 9.17) is 22.1 Å². The summed E-state index contributed by atoms with van der Waals surface area (Å²) >= 11 is 6.69. The molecule has 2 heterocycles. The number of hydrogen-bond donors (Lipinski definition) is 1. The number of nitrogens with two attached hydrogens (primary N) is 1. The van der Waals surface area contributed by atoms with Crippen LogP contribution in [-0.2, 0) is 0 Å². The van der Waals surface area contributed by atoms with Crippen molar-refractivity contribution in [1.82, 2.24) is 14.6 Å². The highest BCUT2D eigenvalue weighted by atomic mass is 35.5. The van der Waals surface area contributed by atoms with E-state index in [-0.39, 0.29) is 28.3 Å². The highest BCUT2D eigenvalue weighted by Gasteiger charge is 2.35. The fraction of sp³-hybridized carbons (Fsp3) is 0.381. The van der Waals surface area contributed by atoms with Gasteiger partial charge in [0.05, 0.1) is 11.8 Å². The van der Waals surface area contributed by atoms with Crippen LogP contribution in [0.3, 0.4) is 0 Å². The van der Waals surface area contributed by atoms with Crippen molar-refractivity contribution in [2.24, 2.45) is 11.1 Å². The minimum absolute atomic E-state index is 0.181. The smallest absolute Gasteiger partial charge is 0.391 e. The van der Waals surface area contributed by atoms with Crippen LogP contribution in [0.2, 0.25) is 5.15 Å². The summed E-state index contributed by atoms with van der Waals surface area (Å²) in [5, 5.41) is 4.69. The average Bonchev–Trinajstić information content (AvgIpc) is 3.01. The van der Waals surface area contributed by atoms with Crippen molar-refractivity contribution >= 4 is 23.3 Å². The number of aromatic nitrogens is 3. The number of hydrogen-bond acceptors (Lipinski definition) is 4. The average molecular weight is 401 g/mol. The number of fused-ring (bicyclic) bond motifs is 1. The molecule has 1 aromatic carbocycles. The molecule has 0 aliphatic heterocycles. The number of benzene rings is 1. The van der Waals surface area contributed by atoms with Gasteiger partial charge >= 0.3 is 6.09 Å². The molecule has 1 amide bonds. The third-order valence-electron chi connectivity index (χ3n) is 4.73. The number of rotatable bonds is 4. The van der Waals surface area contributed by atoms with Crippen LogP contribution in [0.15, 0.2) is 36.5 Å². The number of primary amides is 1. The molecule has 0 spiro atoms. The molecule has 0 saturated carbocycles. The number of nitrogens with zero attached hydrogens (tertiary/aromatic N) is 3. The van der Waals surface area contributed by atoms with Crippen LogP contribution >= 0.6 is 11.6 Å². The lowest BCUT2D eigenvalue weighted by Gasteiger charge is -2.32. The van der Waals surface area contributed by atoms with Gasteiger partial charge in [-0.05, 0) is 16.9 Å². The van der Waals surface area contributed by atoms with Gasteiger partial charge in [0, 0.05) is 11.5 Å². The summed E-state index contributed by atoms with van der Waals surface area (Å²) in [6.45, 7) is 10.4. The van der Waals surface area contributed by atoms with Crippen molar-refractivity contribution in [1.29, 1.82) is 0 Å². The molecule has 1 atom stereocenters. The number of halogens is 1. The monoisotopic (exact) mass is 400 g/mol. The standard InChI is InChI=1S/C21H25ClN4O2/c1-12(2)14-11-24-26-18(14)25-17(22)15(19(26)28-20(23)27)16(21(3,4)5)13-9-7-6-8-10-13/h6-12,16H,1-5H3,(H2,23,27). The van der Waals surface area contributed by atoms with Crippen molar-refractivity contribution in [2.45, 2.75) is 46.5 Å². The summed E-state index contributed by atoms with van der Waals surface area (Å²) in [7, 11) is 0. The van der Waals surface area contributed by atoms with E-state index in [0.717, 1.165) is 11.1 Å². The van der Waals surface area contributed by atoms with Crippen LogP contribution in [0, 0.1) is 5.41 Å². The van der Waals surface area contributed by atoms with Gasteiger partial charge in [0.15, 0.2) is 5.65 Å². The molecule has 0 fully saturated rings. The van der Waals surface area contributed by atoms with Gasteiger partial charge in [0.1, 0.15) is 5.15 Å². The fourth-order valence-electron chi connectivity index (χ4n) is 3.56. The SMILES string of the molecule is CC(C)c1cnn2c(OC(N)=O)c(C(c3ccccc3)C(C)(C)C)c(Cl)nc12. The van der Waals surface area contributed by atoms with Gasteiger partial charge in [-0.15, -0.1) is 0 Å². The lowest BCUT2D eigenvalue weighted by molar-refractivity contribution is 0.206. The lowest BCUT2D eigenvalue weighted by Crippen LogP contribution is -2.25. The van der Waals surface area contributed by atoms with Gasteiger partial charge in [0.25, 0.3) is 0 Å². The molecule has 3 rings (SSSR count). The molecule has 0 aliphatic rings. The van der Waals surface area contributed by atoms with Gasteiger partial charge in [-0.1, -0.05) is 76.6 Å². The van der Waals surface area contributed by atoms with Crippen molar-refractivity contribution in [2.75, 3.05) is 0 Å². The van der Waals surface area contributed by atoms with Gasteiger partial charge in [-0.2, -0.15) is 9.61 Å². The Morgan fingerprint density at radius 3 is 2.39 bits per heavy atom. The van der Waals surface area contributed by atoms with Gasteiger partial charge in [-0.3, -0.25) is 0 Å². The molecule has 0 aliphatic carbocycles. The third kappa shape index (κ3) is 3.69. The third-order valence-corrected chi connectivity index (χ3v) is 5.02. The first-order chi connectivity index (χ1) is 13.1. The minimum atomic E-state index is -0.924. The topological polar surface area (TPSA) is 82.5 Å². The zero-order valence-corrected chi connectivity index (χ0v) is 17.5. The van der Waals surface area contributed by atoms with E-state index >= 15 is 0 Å². The zero-order chi connectivity index (χ0) is 20.6. The molecule has 3 aromatic rings. The number of carbonyl (C=O) groups excluding carboxylic acids is 1. The maximum Gasteiger partial charge on any atom is 0.411 e. The van der Waals surface area contributed by atoms with E-state index in [0.29, 0.717) is 11.2 Å². The van der Waals surface area contributed by atoms with E-state index in [2.05, 4.69) is 30.9 Å². The summed E-state index contributed by atoms with van der Waals surface area (Å²) in [4.78, 5) is 16.3. The molecule has 6 nitrogen and oxygen atoms in total. The van der Waals surface area contributed by atoms with E-state index in [9.17, 15) is 4.79 Å². The minimum Gasteiger partial charge on any atom is -0.391 e. The Morgan fingerprint density at radius 1 is 1.21 bits per heavy atom. The van der Waals surface area contributed by atoms with Crippen LogP contribution in [-0.4, -0.2) is 20.7 Å². The van der Waals surface area contributed by atoms with Crippen LogP contribution in [0.1, 0.15) is 63.1 Å². The number of amides is 1. The maximum absolute atomic E-state index is 11.7. The Morgan fingerprint density at radius 2 is 1.86 bits per heavy atom. The first-order valence-corrected chi connectivity index (χ1v) is 9.58. The predicted molar refractivity (Wildman–Crippen MR) is 110 cm³/mol. The van der Waals surface area contributed by atoms with Crippen LogP contribution < -0.4 is 10.5 Å². The Hall–Kier alpha value is -2.60. The summed E-state index contributed by atoms with van der Waals surface area (Å²) in [6.07, 6.45) is 0.794. The second-order valence-corrected chi connectivity index (χ2v) is 8.60. The first-order valence-electron chi connectivity index (χ1n) is 9.20. The molecular formula is C21H25ClN4O2. The molecule has 0 radical (unpaired) electrons. The molecule has 28 heavy (non-hydrogen) atoms. The van der Waals surface area contributed by atoms with E-state index in [1.807, 2.05) is 44.2 Å². The van der Waals surface area contributed by atoms with Crippen molar-refractivity contribution in [3.05, 3.63) is 58.4 Å². The summed E-state index contributed by atoms with van der Waals surface area (Å²) in [6, 6.07) is 9.93. The second kappa shape index (κ2) is 7.43. The zero-order valence-electron chi connectivity index (χ0n) is 16.7. The summed E-state index contributed by atoms with van der Waals surface area (Å²) in [5.41, 5.74) is 8.22. The molecule has 0 bridgehead atoms. The molecule has 1 unspecified atom stereocenters. The quantitative estimate of drug-likeness (QED) is 0.614. The Balaban J connectivity index is 2.38. The summed E-state index contributed by atoms with van der Waals surface area (Å²) in [5.74, 6) is 0.193. The largest absolute Gasteiger partial charge is 0.411 e. The van der Waals surface area contributed by atoms with Gasteiger partial charge < -0.3 is 10.5 Å². The Labute approximate surface area is 169 Å². The van der Waals surface area contributed by atoms with Crippen LogP contribution in [0.5, 0.6) is 5.88 Å². The van der Waals surface area contributed by atoms with Crippen molar-refractivity contribution in [3.63, 3.8) is 0 Å². The second-order valence-electron chi connectivity index (χ2n) is 8.24. The number of carbonyl (C=O) groups is 1.